The number of aromatic nitrogens is 2. The van der Waals surface area contributed by atoms with Gasteiger partial charge in [-0.1, -0.05) is 128 Å². The molecule has 0 spiro atoms. The summed E-state index contributed by atoms with van der Waals surface area (Å²) in [5.74, 6) is 1.81. The predicted molar refractivity (Wildman–Crippen MR) is 217 cm³/mol. The minimum Gasteiger partial charge on any atom is -0.512 e. The molecule has 0 unspecified atom stereocenters. The number of hydrogen-bond donors (Lipinski definition) is 1. The standard InChI is InChI=1S/C30H35N2Si.C15H28O2.Ir/c1-19-18-25-16-17-26-28(24-14-12-23(13-15-24)22-10-8-7-9-11-22)31-21(3)32-29(26)27(25)20(2)30(19)33(4,5)6;1-7-14(5,8-2)12(16)11-13(17)15(6,9-3)10-4;/h12-14,16-18,22H,7-11H2,1-6H3;11,16H,7-10H2,1-6H3;/q-1;;/b;12-11-;. The van der Waals surface area contributed by atoms with E-state index in [9.17, 15) is 9.90 Å². The Morgan fingerprint density at radius 2 is 1.51 bits per heavy atom. The summed E-state index contributed by atoms with van der Waals surface area (Å²) in [4.78, 5) is 22.1. The van der Waals surface area contributed by atoms with Gasteiger partial charge in [0, 0.05) is 42.4 Å². The van der Waals surface area contributed by atoms with E-state index >= 15 is 0 Å². The molecule has 1 aliphatic carbocycles. The third-order valence-electron chi connectivity index (χ3n) is 12.0. The number of ketones is 1. The van der Waals surface area contributed by atoms with Gasteiger partial charge >= 0.3 is 0 Å². The zero-order valence-electron chi connectivity index (χ0n) is 33.6. The molecule has 6 heteroatoms. The van der Waals surface area contributed by atoms with Crippen molar-refractivity contribution in [2.45, 2.75) is 146 Å². The second-order valence-electron chi connectivity index (χ2n) is 16.4. The second-order valence-corrected chi connectivity index (χ2v) is 21.4. The number of allylic oxidation sites excluding steroid dienone is 2. The van der Waals surface area contributed by atoms with Gasteiger partial charge in [0.15, 0.2) is 5.78 Å². The average Bonchev–Trinajstić information content (AvgIpc) is 3.10. The first-order valence-corrected chi connectivity index (χ1v) is 22.7. The van der Waals surface area contributed by atoms with E-state index in [1.165, 1.54) is 65.6 Å². The largest absolute Gasteiger partial charge is 0.512 e. The number of benzene rings is 3. The molecule has 1 aromatic heterocycles. The Morgan fingerprint density at radius 1 is 0.902 bits per heavy atom. The zero-order valence-corrected chi connectivity index (χ0v) is 37.0. The first kappa shape index (κ1) is 42.7. The molecule has 0 bridgehead atoms. The van der Waals surface area contributed by atoms with Gasteiger partial charge in [-0.3, -0.25) is 9.78 Å². The van der Waals surface area contributed by atoms with E-state index in [4.69, 9.17) is 9.97 Å². The maximum absolute atomic E-state index is 12.2. The van der Waals surface area contributed by atoms with Crippen LogP contribution in [0.1, 0.15) is 128 Å². The first-order chi connectivity index (χ1) is 23.5. The van der Waals surface area contributed by atoms with Gasteiger partial charge in [-0.2, -0.15) is 0 Å². The monoisotopic (exact) mass is 884 g/mol. The van der Waals surface area contributed by atoms with Crippen molar-refractivity contribution < 1.29 is 30.0 Å². The number of carbonyl (C=O) groups excluding carboxylic acids is 1. The molecule has 0 aliphatic heterocycles. The van der Waals surface area contributed by atoms with Gasteiger partial charge in [-0.05, 0) is 68.5 Å². The molecule has 1 N–H and O–H groups in total. The van der Waals surface area contributed by atoms with Crippen LogP contribution in [0.15, 0.2) is 48.2 Å². The summed E-state index contributed by atoms with van der Waals surface area (Å²) in [6, 6.07) is 17.2. The third kappa shape index (κ3) is 9.29. The number of rotatable bonds is 10. The summed E-state index contributed by atoms with van der Waals surface area (Å²) in [5.41, 5.74) is 6.80. The summed E-state index contributed by atoms with van der Waals surface area (Å²) in [7, 11) is -1.49. The van der Waals surface area contributed by atoms with Crippen molar-refractivity contribution in [3.8, 4) is 11.3 Å². The molecule has 1 fully saturated rings. The fourth-order valence-corrected chi connectivity index (χ4v) is 10.4. The van der Waals surface area contributed by atoms with Crippen LogP contribution in [0.3, 0.4) is 0 Å². The van der Waals surface area contributed by atoms with Crippen LogP contribution in [0.2, 0.25) is 19.6 Å². The van der Waals surface area contributed by atoms with Crippen molar-refractivity contribution in [1.82, 2.24) is 9.97 Å². The van der Waals surface area contributed by atoms with Crippen molar-refractivity contribution in [2.24, 2.45) is 10.8 Å². The Balaban J connectivity index is 0.000000335. The normalized spacial score (nSPS) is 14.6. The van der Waals surface area contributed by atoms with Crippen LogP contribution in [-0.4, -0.2) is 28.9 Å². The van der Waals surface area contributed by atoms with Gasteiger partial charge in [0.1, 0.15) is 11.6 Å². The molecule has 1 heterocycles. The summed E-state index contributed by atoms with van der Waals surface area (Å²) in [6.45, 7) is 26.0. The zero-order chi connectivity index (χ0) is 37.0. The Kier molecular flexibility index (Phi) is 14.6. The van der Waals surface area contributed by atoms with E-state index in [1.807, 2.05) is 48.5 Å². The predicted octanol–water partition coefficient (Wildman–Crippen LogP) is 12.4. The maximum atomic E-state index is 12.2. The van der Waals surface area contributed by atoms with Crippen molar-refractivity contribution in [1.29, 1.82) is 0 Å². The van der Waals surface area contributed by atoms with Gasteiger partial charge in [-0.15, -0.1) is 35.4 Å². The summed E-state index contributed by atoms with van der Waals surface area (Å²) in [5, 5.41) is 15.4. The van der Waals surface area contributed by atoms with Crippen LogP contribution in [0.4, 0.5) is 0 Å². The van der Waals surface area contributed by atoms with Gasteiger partial charge in [-0.25, -0.2) is 4.98 Å². The summed E-state index contributed by atoms with van der Waals surface area (Å²) >= 11 is 0. The first-order valence-electron chi connectivity index (χ1n) is 19.2. The molecule has 4 aromatic rings. The molecule has 1 radical (unpaired) electrons. The van der Waals surface area contributed by atoms with Gasteiger partial charge < -0.3 is 5.11 Å². The average molecular weight is 884 g/mol. The molecule has 4 nitrogen and oxygen atoms in total. The third-order valence-corrected chi connectivity index (χ3v) is 14.3. The Bertz CT molecular complexity index is 1840. The number of aliphatic hydroxyl groups is 1. The number of aryl methyl sites for hydroxylation is 3. The molecule has 3 aromatic carbocycles. The Hall–Kier alpha value is -2.66. The number of nitrogens with zero attached hydrogens (tertiary/aromatic N) is 2. The van der Waals surface area contributed by atoms with Gasteiger partial charge in [0.05, 0.1) is 13.6 Å². The fourth-order valence-electron chi connectivity index (χ4n) is 7.88. The van der Waals surface area contributed by atoms with Crippen LogP contribution >= 0.6 is 0 Å². The fraction of sp³-hybridized carbons (Fsp3) is 0.533. The van der Waals surface area contributed by atoms with E-state index in [2.05, 4.69) is 76.0 Å². The number of hydrogen-bond acceptors (Lipinski definition) is 4. The van der Waals surface area contributed by atoms with Crippen LogP contribution in [0.5, 0.6) is 0 Å². The molecule has 1 saturated carbocycles. The van der Waals surface area contributed by atoms with E-state index in [1.54, 1.807) is 5.19 Å². The van der Waals surface area contributed by atoms with E-state index in [-0.39, 0.29) is 42.5 Å². The summed E-state index contributed by atoms with van der Waals surface area (Å²) in [6.07, 6.45) is 11.5. The topological polar surface area (TPSA) is 63.1 Å². The van der Waals surface area contributed by atoms with Crippen LogP contribution in [0, 0.1) is 37.7 Å². The van der Waals surface area contributed by atoms with Crippen molar-refractivity contribution in [3.05, 3.63) is 76.8 Å². The molecule has 0 saturated heterocycles. The smallest absolute Gasteiger partial charge is 0.164 e. The summed E-state index contributed by atoms with van der Waals surface area (Å²) < 4.78 is 0. The van der Waals surface area contributed by atoms with Gasteiger partial charge in [0.2, 0.25) is 0 Å². The quantitative estimate of drug-likeness (QED) is 0.0567. The van der Waals surface area contributed by atoms with Crippen LogP contribution in [-0.2, 0) is 24.9 Å². The molecular formula is C45H63IrN2O2Si-. The molecular weight excluding hydrogens is 821 g/mol. The molecule has 51 heavy (non-hydrogen) atoms. The molecule has 5 rings (SSSR count). The SMILES string of the molecule is CCC(C)(CC)C(=O)/C=C(\O)C(C)(CC)CC.Cc1nc(-c2[c-]cc(C3CCCCC3)cc2)c2ccc3cc(C)c([Si](C)(C)C)c(C)c3c2n1.[Ir]. The van der Waals surface area contributed by atoms with E-state index < -0.39 is 8.07 Å². The minimum absolute atomic E-state index is 0. The van der Waals surface area contributed by atoms with Crippen LogP contribution < -0.4 is 5.19 Å². The van der Waals surface area contributed by atoms with Crippen molar-refractivity contribution in [3.63, 3.8) is 0 Å². The second kappa shape index (κ2) is 17.4. The molecule has 279 valence electrons. The molecule has 1 aliphatic rings. The van der Waals surface area contributed by atoms with E-state index in [0.717, 1.165) is 53.7 Å². The minimum atomic E-state index is -1.49. The van der Waals surface area contributed by atoms with Crippen LogP contribution in [0.25, 0.3) is 32.9 Å². The molecule has 0 atom stereocenters. The Morgan fingerprint density at radius 3 is 2.04 bits per heavy atom. The molecule has 0 amide bonds. The number of aliphatic hydroxyl groups excluding tert-OH is 1. The maximum Gasteiger partial charge on any atom is 0.164 e. The van der Waals surface area contributed by atoms with E-state index in [0.29, 0.717) is 5.92 Å². The number of carbonyl (C=O) groups is 1. The van der Waals surface area contributed by atoms with Crippen molar-refractivity contribution in [2.75, 3.05) is 0 Å². The van der Waals surface area contributed by atoms with Gasteiger partial charge in [0.25, 0.3) is 0 Å². The van der Waals surface area contributed by atoms with Crippen molar-refractivity contribution >= 4 is 40.7 Å². The number of fused-ring (bicyclic) bond motifs is 3. The Labute approximate surface area is 323 Å².